The van der Waals surface area contributed by atoms with E-state index in [0.717, 1.165) is 0 Å². The third-order valence-corrected chi connectivity index (χ3v) is 0.978. The Kier molecular flexibility index (Phi) is 1.84. The molecule has 0 aliphatic rings. The number of hydrogen-bond donors (Lipinski definition) is 2. The highest BCUT2D eigenvalue weighted by Gasteiger charge is 2.11. The molecule has 0 bridgehead atoms. The van der Waals surface area contributed by atoms with Gasteiger partial charge < -0.3 is 11.5 Å². The van der Waals surface area contributed by atoms with Gasteiger partial charge in [0.1, 0.15) is 11.6 Å². The van der Waals surface area contributed by atoms with Crippen molar-refractivity contribution in [2.75, 3.05) is 11.5 Å². The molecule has 1 aromatic heterocycles. The van der Waals surface area contributed by atoms with Crippen molar-refractivity contribution in [3.8, 4) is 0 Å². The molecule has 0 radical (unpaired) electrons. The highest BCUT2D eigenvalue weighted by Crippen LogP contribution is 2.16. The second kappa shape index (κ2) is 2.65. The van der Waals surface area contributed by atoms with E-state index < -0.39 is 12.2 Å². The first-order valence-corrected chi connectivity index (χ1v) is 2.77. The number of nitrogens with two attached hydrogens (primary N) is 2. The van der Waals surface area contributed by atoms with Gasteiger partial charge in [-0.1, -0.05) is 0 Å². The van der Waals surface area contributed by atoms with E-state index >= 15 is 0 Å². The van der Waals surface area contributed by atoms with Crippen molar-refractivity contribution in [2.24, 2.45) is 0 Å². The molecule has 0 unspecified atom stereocenters. The summed E-state index contributed by atoms with van der Waals surface area (Å²) in [4.78, 5) is 6.54. The monoisotopic (exact) mass is 160 g/mol. The fourth-order valence-corrected chi connectivity index (χ4v) is 0.603. The number of alkyl halides is 2. The summed E-state index contributed by atoms with van der Waals surface area (Å²) in [5.74, 6) is -0.733. The molecule has 0 amide bonds. The summed E-state index contributed by atoms with van der Waals surface area (Å²) in [7, 11) is 0. The van der Waals surface area contributed by atoms with Gasteiger partial charge in [0.15, 0.2) is 5.82 Å². The average molecular weight is 160 g/mol. The third kappa shape index (κ3) is 1.73. The van der Waals surface area contributed by atoms with Gasteiger partial charge in [-0.05, 0) is 0 Å². The number of hydrogen-bond acceptors (Lipinski definition) is 4. The second-order valence-corrected chi connectivity index (χ2v) is 1.88. The van der Waals surface area contributed by atoms with Crippen molar-refractivity contribution < 1.29 is 8.78 Å². The molecule has 0 saturated heterocycles. The molecule has 60 valence electrons. The maximum Gasteiger partial charge on any atom is 0.297 e. The largest absolute Gasteiger partial charge is 0.384 e. The van der Waals surface area contributed by atoms with Gasteiger partial charge in [0.2, 0.25) is 0 Å². The van der Waals surface area contributed by atoms with Crippen molar-refractivity contribution in [3.63, 3.8) is 0 Å². The first kappa shape index (κ1) is 7.64. The fraction of sp³-hybridized carbons (Fsp3) is 0.200. The summed E-state index contributed by atoms with van der Waals surface area (Å²) < 4.78 is 23.8. The van der Waals surface area contributed by atoms with Crippen molar-refractivity contribution >= 4 is 11.6 Å². The molecule has 0 aliphatic heterocycles. The summed E-state index contributed by atoms with van der Waals surface area (Å²) in [6.07, 6.45) is -2.74. The molecule has 11 heavy (non-hydrogen) atoms. The lowest BCUT2D eigenvalue weighted by atomic mass is 10.5. The third-order valence-electron chi connectivity index (χ3n) is 0.978. The Labute approximate surface area is 61.2 Å². The topological polar surface area (TPSA) is 77.8 Å². The van der Waals surface area contributed by atoms with Crippen LogP contribution in [0.2, 0.25) is 0 Å². The molecule has 0 aliphatic carbocycles. The minimum absolute atomic E-state index is 0.0483. The maximum absolute atomic E-state index is 11.9. The minimum atomic E-state index is -2.74. The van der Waals surface area contributed by atoms with Crippen LogP contribution in [0.15, 0.2) is 6.07 Å². The molecule has 4 N–H and O–H groups in total. The SMILES string of the molecule is Nc1cc(N)nc(C(F)F)n1. The first-order chi connectivity index (χ1) is 5.09. The van der Waals surface area contributed by atoms with E-state index in [0.29, 0.717) is 0 Å². The second-order valence-electron chi connectivity index (χ2n) is 1.88. The molecule has 0 saturated carbocycles. The molecule has 0 aromatic carbocycles. The number of nitrogens with zero attached hydrogens (tertiary/aromatic N) is 2. The predicted octanol–water partition coefficient (Wildman–Crippen LogP) is 0.579. The van der Waals surface area contributed by atoms with E-state index in [1.807, 2.05) is 0 Å². The molecule has 0 fully saturated rings. The van der Waals surface area contributed by atoms with Gasteiger partial charge in [-0.15, -0.1) is 0 Å². The van der Waals surface area contributed by atoms with Crippen LogP contribution in [0.4, 0.5) is 20.4 Å². The zero-order valence-electron chi connectivity index (χ0n) is 5.46. The van der Waals surface area contributed by atoms with Crippen LogP contribution in [0.25, 0.3) is 0 Å². The lowest BCUT2D eigenvalue weighted by Gasteiger charge is -1.99. The van der Waals surface area contributed by atoms with Crippen LogP contribution < -0.4 is 11.5 Å². The quantitative estimate of drug-likeness (QED) is 0.629. The van der Waals surface area contributed by atoms with E-state index in [2.05, 4.69) is 9.97 Å². The predicted molar refractivity (Wildman–Crippen MR) is 35.8 cm³/mol. The van der Waals surface area contributed by atoms with Crippen LogP contribution in [0.5, 0.6) is 0 Å². The van der Waals surface area contributed by atoms with Crippen LogP contribution in [-0.4, -0.2) is 9.97 Å². The molecule has 1 heterocycles. The normalized spacial score (nSPS) is 10.5. The van der Waals surface area contributed by atoms with E-state index in [1.165, 1.54) is 6.07 Å². The summed E-state index contributed by atoms with van der Waals surface area (Å²) in [5.41, 5.74) is 10.3. The van der Waals surface area contributed by atoms with E-state index in [9.17, 15) is 8.78 Å². The fourth-order valence-electron chi connectivity index (χ4n) is 0.603. The van der Waals surface area contributed by atoms with Gasteiger partial charge in [-0.25, -0.2) is 18.7 Å². The number of nitrogen functional groups attached to an aromatic ring is 2. The number of anilines is 2. The lowest BCUT2D eigenvalue weighted by molar-refractivity contribution is 0.140. The van der Waals surface area contributed by atoms with Gasteiger partial charge in [0.25, 0.3) is 6.43 Å². The lowest BCUT2D eigenvalue weighted by Crippen LogP contribution is -2.03. The Bertz CT molecular complexity index is 242. The Morgan fingerprint density at radius 3 is 2.00 bits per heavy atom. The zero-order chi connectivity index (χ0) is 8.43. The highest BCUT2D eigenvalue weighted by atomic mass is 19.3. The minimum Gasteiger partial charge on any atom is -0.384 e. The highest BCUT2D eigenvalue weighted by molar-refractivity contribution is 5.40. The summed E-state index contributed by atoms with van der Waals surface area (Å²) in [6.45, 7) is 0. The molecule has 6 heteroatoms. The summed E-state index contributed by atoms with van der Waals surface area (Å²) in [5, 5.41) is 0. The number of halogens is 2. The molecule has 1 rings (SSSR count). The van der Waals surface area contributed by atoms with E-state index in [-0.39, 0.29) is 11.6 Å². The van der Waals surface area contributed by atoms with Crippen molar-refractivity contribution in [1.29, 1.82) is 0 Å². The first-order valence-electron chi connectivity index (χ1n) is 2.77. The van der Waals surface area contributed by atoms with Gasteiger partial charge in [0.05, 0.1) is 0 Å². The van der Waals surface area contributed by atoms with E-state index in [1.54, 1.807) is 0 Å². The van der Waals surface area contributed by atoms with Gasteiger partial charge in [0, 0.05) is 6.07 Å². The van der Waals surface area contributed by atoms with Crippen LogP contribution in [0.1, 0.15) is 12.2 Å². The Hall–Kier alpha value is -1.46. The Morgan fingerprint density at radius 1 is 1.18 bits per heavy atom. The average Bonchev–Trinajstić information content (AvgIpc) is 1.85. The Morgan fingerprint density at radius 2 is 1.64 bits per heavy atom. The van der Waals surface area contributed by atoms with Crippen molar-refractivity contribution in [2.45, 2.75) is 6.43 Å². The van der Waals surface area contributed by atoms with Crippen molar-refractivity contribution in [1.82, 2.24) is 9.97 Å². The van der Waals surface area contributed by atoms with Crippen molar-refractivity contribution in [3.05, 3.63) is 11.9 Å². The summed E-state index contributed by atoms with van der Waals surface area (Å²) in [6, 6.07) is 1.21. The molecule has 1 aromatic rings. The smallest absolute Gasteiger partial charge is 0.297 e. The van der Waals surface area contributed by atoms with Crippen LogP contribution in [0.3, 0.4) is 0 Å². The van der Waals surface area contributed by atoms with Crippen LogP contribution >= 0.6 is 0 Å². The number of rotatable bonds is 1. The Balaban J connectivity index is 3.08. The summed E-state index contributed by atoms with van der Waals surface area (Å²) >= 11 is 0. The number of aromatic nitrogens is 2. The van der Waals surface area contributed by atoms with Gasteiger partial charge >= 0.3 is 0 Å². The standard InChI is InChI=1S/C5H6F2N4/c6-4(7)5-10-2(8)1-3(9)11-5/h1,4H,(H4,8,9,10,11). The van der Waals surface area contributed by atoms with Crippen LogP contribution in [0, 0.1) is 0 Å². The van der Waals surface area contributed by atoms with E-state index in [4.69, 9.17) is 11.5 Å². The molecule has 0 spiro atoms. The molecule has 4 nitrogen and oxygen atoms in total. The maximum atomic E-state index is 11.9. The molecular formula is C5H6F2N4. The molecular weight excluding hydrogens is 154 g/mol. The molecule has 0 atom stereocenters. The zero-order valence-corrected chi connectivity index (χ0v) is 5.46. The van der Waals surface area contributed by atoms with Gasteiger partial charge in [-0.3, -0.25) is 0 Å². The van der Waals surface area contributed by atoms with Gasteiger partial charge in [-0.2, -0.15) is 0 Å². The van der Waals surface area contributed by atoms with Crippen LogP contribution in [-0.2, 0) is 0 Å².